The molecule has 1 unspecified atom stereocenters. The fourth-order valence-electron chi connectivity index (χ4n) is 2.13. The molecule has 0 radical (unpaired) electrons. The average molecular weight is 308 g/mol. The molecule has 0 fully saturated rings. The molecule has 108 valence electrons. The summed E-state index contributed by atoms with van der Waals surface area (Å²) in [5, 5.41) is 0. The molecule has 0 N–H and O–H groups in total. The van der Waals surface area contributed by atoms with Crippen LogP contribution in [-0.2, 0) is 16.0 Å². The van der Waals surface area contributed by atoms with E-state index in [1.54, 1.807) is 0 Å². The van der Waals surface area contributed by atoms with Crippen molar-refractivity contribution < 1.29 is 31.9 Å². The van der Waals surface area contributed by atoms with E-state index in [0.717, 1.165) is 19.2 Å². The summed E-state index contributed by atoms with van der Waals surface area (Å²) >= 11 is -0.731. The van der Waals surface area contributed by atoms with E-state index in [9.17, 15) is 27.2 Å². The highest BCUT2D eigenvalue weighted by Gasteiger charge is 2.59. The summed E-state index contributed by atoms with van der Waals surface area (Å²) in [4.78, 5) is 23.9. The summed E-state index contributed by atoms with van der Waals surface area (Å²) < 4.78 is 53.0. The second kappa shape index (κ2) is 4.76. The number of carbonyl (C=O) groups excluding carboxylic acids is 2. The first-order valence-corrected chi connectivity index (χ1v) is 6.20. The van der Waals surface area contributed by atoms with Gasteiger partial charge in [0.1, 0.15) is 5.82 Å². The van der Waals surface area contributed by atoms with Crippen molar-refractivity contribution in [2.45, 2.75) is 16.7 Å². The molecule has 0 aliphatic heterocycles. The van der Waals surface area contributed by atoms with Crippen molar-refractivity contribution in [3.8, 4) is 0 Å². The molecule has 20 heavy (non-hydrogen) atoms. The number of methoxy groups -OCH3 is 1. The number of esters is 1. The van der Waals surface area contributed by atoms with Gasteiger partial charge in [-0.25, -0.2) is 4.39 Å². The highest BCUT2D eigenvalue weighted by atomic mass is 32.2. The number of thioether (sulfide) groups is 1. The van der Waals surface area contributed by atoms with Crippen molar-refractivity contribution in [3.63, 3.8) is 0 Å². The number of fused-ring (bicyclic) bond motifs is 1. The number of hydrogen-bond acceptors (Lipinski definition) is 4. The topological polar surface area (TPSA) is 43.4 Å². The summed E-state index contributed by atoms with van der Waals surface area (Å²) in [5.41, 5.74) is -4.82. The third kappa shape index (κ3) is 2.39. The predicted octanol–water partition coefficient (Wildman–Crippen LogP) is 2.73. The van der Waals surface area contributed by atoms with Gasteiger partial charge in [0.15, 0.2) is 10.5 Å². The molecular weight excluding hydrogens is 300 g/mol. The second-order valence-electron chi connectivity index (χ2n) is 4.17. The minimum atomic E-state index is -4.80. The number of ether oxygens (including phenoxy) is 1. The van der Waals surface area contributed by atoms with E-state index in [2.05, 4.69) is 4.74 Å². The maximum absolute atomic E-state index is 13.1. The summed E-state index contributed by atoms with van der Waals surface area (Å²) in [6, 6.07) is 3.06. The van der Waals surface area contributed by atoms with Gasteiger partial charge in [-0.1, -0.05) is 6.07 Å². The molecule has 2 rings (SSSR count). The molecule has 1 aromatic rings. The Labute approximate surface area is 115 Å². The largest absolute Gasteiger partial charge is 0.468 e. The summed E-state index contributed by atoms with van der Waals surface area (Å²) in [5.74, 6) is -3.13. The van der Waals surface area contributed by atoms with Gasteiger partial charge in [-0.3, -0.25) is 9.59 Å². The van der Waals surface area contributed by atoms with Crippen LogP contribution in [0.4, 0.5) is 17.6 Å². The normalized spacial score (nSPS) is 21.8. The molecule has 0 amide bonds. The highest BCUT2D eigenvalue weighted by Crippen LogP contribution is 2.48. The number of hydrogen-bond donors (Lipinski definition) is 0. The van der Waals surface area contributed by atoms with Crippen molar-refractivity contribution in [3.05, 3.63) is 35.1 Å². The van der Waals surface area contributed by atoms with E-state index in [1.807, 2.05) is 0 Å². The Kier molecular flexibility index (Phi) is 3.53. The SMILES string of the molecule is COC(=O)C1(SC(F)(F)F)Cc2ccc(F)cc2C1=O. The molecule has 1 aliphatic carbocycles. The van der Waals surface area contributed by atoms with Crippen LogP contribution in [0.1, 0.15) is 15.9 Å². The number of benzene rings is 1. The van der Waals surface area contributed by atoms with Gasteiger partial charge < -0.3 is 4.74 Å². The number of halogens is 4. The Hall–Kier alpha value is -1.57. The fourth-order valence-corrected chi connectivity index (χ4v) is 3.12. The van der Waals surface area contributed by atoms with E-state index in [-0.39, 0.29) is 11.1 Å². The summed E-state index contributed by atoms with van der Waals surface area (Å²) in [6.07, 6.45) is -0.474. The van der Waals surface area contributed by atoms with Gasteiger partial charge in [-0.2, -0.15) is 13.2 Å². The van der Waals surface area contributed by atoms with Gasteiger partial charge in [0.05, 0.1) is 7.11 Å². The molecule has 1 aromatic carbocycles. The van der Waals surface area contributed by atoms with Gasteiger partial charge in [-0.15, -0.1) is 0 Å². The van der Waals surface area contributed by atoms with Gasteiger partial charge in [0.25, 0.3) is 0 Å². The van der Waals surface area contributed by atoms with Crippen LogP contribution in [0.15, 0.2) is 18.2 Å². The smallest absolute Gasteiger partial charge is 0.443 e. The Morgan fingerprint density at radius 3 is 2.60 bits per heavy atom. The van der Waals surface area contributed by atoms with Crippen LogP contribution >= 0.6 is 11.8 Å². The molecule has 0 spiro atoms. The van der Waals surface area contributed by atoms with Gasteiger partial charge in [0.2, 0.25) is 0 Å². The van der Waals surface area contributed by atoms with Crippen molar-refractivity contribution in [2.75, 3.05) is 7.11 Å². The molecule has 0 saturated heterocycles. The summed E-state index contributed by atoms with van der Waals surface area (Å²) in [7, 11) is 0.901. The Bertz CT molecular complexity index is 585. The third-order valence-corrected chi connectivity index (χ3v) is 4.00. The monoisotopic (exact) mass is 308 g/mol. The minimum Gasteiger partial charge on any atom is -0.468 e. The lowest BCUT2D eigenvalue weighted by Crippen LogP contribution is -2.44. The lowest BCUT2D eigenvalue weighted by atomic mass is 10.0. The van der Waals surface area contributed by atoms with Gasteiger partial charge in [-0.05, 0) is 29.5 Å². The van der Waals surface area contributed by atoms with E-state index < -0.39 is 46.0 Å². The molecule has 0 aromatic heterocycles. The van der Waals surface area contributed by atoms with Crippen LogP contribution in [0.5, 0.6) is 0 Å². The standard InChI is InChI=1S/C12H8F4O3S/c1-19-10(18)11(20-12(14,15)16)5-6-2-3-7(13)4-8(6)9(11)17/h2-4H,5H2,1H3. The average Bonchev–Trinajstić information content (AvgIpc) is 2.61. The molecule has 0 heterocycles. The zero-order valence-electron chi connectivity index (χ0n) is 10.1. The molecule has 0 bridgehead atoms. The van der Waals surface area contributed by atoms with Crippen LogP contribution < -0.4 is 0 Å². The maximum atomic E-state index is 13.1. The number of Topliss-reactive ketones (excluding diaryl/α,β-unsaturated/α-hetero) is 1. The molecule has 1 atom stereocenters. The maximum Gasteiger partial charge on any atom is 0.443 e. The van der Waals surface area contributed by atoms with E-state index in [4.69, 9.17) is 0 Å². The Balaban J connectivity index is 2.52. The quantitative estimate of drug-likeness (QED) is 0.479. The lowest BCUT2D eigenvalue weighted by Gasteiger charge is -2.24. The second-order valence-corrected chi connectivity index (χ2v) is 5.54. The summed E-state index contributed by atoms with van der Waals surface area (Å²) in [6.45, 7) is 0. The first kappa shape index (κ1) is 14.8. The lowest BCUT2D eigenvalue weighted by molar-refractivity contribution is -0.142. The van der Waals surface area contributed by atoms with Crippen LogP contribution in [0, 0.1) is 5.82 Å². The van der Waals surface area contributed by atoms with E-state index in [0.29, 0.717) is 0 Å². The highest BCUT2D eigenvalue weighted by molar-refractivity contribution is 8.03. The van der Waals surface area contributed by atoms with Gasteiger partial charge in [0, 0.05) is 12.0 Å². The van der Waals surface area contributed by atoms with E-state index in [1.165, 1.54) is 6.07 Å². The molecule has 8 heteroatoms. The minimum absolute atomic E-state index is 0.193. The van der Waals surface area contributed by atoms with Crippen LogP contribution in [0.3, 0.4) is 0 Å². The zero-order valence-corrected chi connectivity index (χ0v) is 10.9. The van der Waals surface area contributed by atoms with Crippen molar-refractivity contribution >= 4 is 23.5 Å². The van der Waals surface area contributed by atoms with Crippen molar-refractivity contribution in [2.24, 2.45) is 0 Å². The van der Waals surface area contributed by atoms with Crippen LogP contribution in [-0.4, -0.2) is 29.1 Å². The van der Waals surface area contributed by atoms with E-state index >= 15 is 0 Å². The fraction of sp³-hybridized carbons (Fsp3) is 0.333. The Morgan fingerprint density at radius 1 is 1.40 bits per heavy atom. The number of rotatable bonds is 2. The first-order chi connectivity index (χ1) is 9.19. The van der Waals surface area contributed by atoms with Crippen molar-refractivity contribution in [1.29, 1.82) is 0 Å². The van der Waals surface area contributed by atoms with Crippen LogP contribution in [0.25, 0.3) is 0 Å². The molecule has 3 nitrogen and oxygen atoms in total. The zero-order chi connectivity index (χ0) is 15.1. The number of alkyl halides is 3. The van der Waals surface area contributed by atoms with Crippen molar-refractivity contribution in [1.82, 2.24) is 0 Å². The molecule has 1 aliphatic rings. The first-order valence-electron chi connectivity index (χ1n) is 5.38. The molecule has 0 saturated carbocycles. The van der Waals surface area contributed by atoms with Gasteiger partial charge >= 0.3 is 11.5 Å². The predicted molar refractivity (Wildman–Crippen MR) is 62.8 cm³/mol. The number of carbonyl (C=O) groups is 2. The Morgan fingerprint density at radius 2 is 2.05 bits per heavy atom. The van der Waals surface area contributed by atoms with Crippen LogP contribution in [0.2, 0.25) is 0 Å². The third-order valence-electron chi connectivity index (χ3n) is 2.93. The number of ketones is 1. The molecular formula is C12H8F4O3S.